The van der Waals surface area contributed by atoms with E-state index in [0.29, 0.717) is 23.4 Å². The second kappa shape index (κ2) is 5.12. The molecule has 0 aliphatic heterocycles. The monoisotopic (exact) mass is 275 g/mol. The molecule has 0 fully saturated rings. The number of nitrogens with zero attached hydrogens (tertiary/aromatic N) is 3. The number of benzene rings is 1. The zero-order chi connectivity index (χ0) is 14.9. The molecule has 0 aliphatic rings. The molecule has 2 aromatic rings. The molecule has 0 aliphatic carbocycles. The van der Waals surface area contributed by atoms with Crippen molar-refractivity contribution in [2.45, 2.75) is 20.4 Å². The van der Waals surface area contributed by atoms with Gasteiger partial charge in [0.2, 0.25) is 0 Å². The van der Waals surface area contributed by atoms with Gasteiger partial charge in [-0.2, -0.15) is 5.10 Å². The fourth-order valence-corrected chi connectivity index (χ4v) is 1.94. The van der Waals surface area contributed by atoms with Crippen molar-refractivity contribution < 1.29 is 14.8 Å². The number of aromatic carboxylic acids is 1. The van der Waals surface area contributed by atoms with Gasteiger partial charge in [-0.1, -0.05) is 12.1 Å². The number of aryl methyl sites for hydroxylation is 2. The van der Waals surface area contributed by atoms with Crippen molar-refractivity contribution in [2.24, 2.45) is 0 Å². The van der Waals surface area contributed by atoms with Gasteiger partial charge in [0.05, 0.1) is 10.6 Å². The van der Waals surface area contributed by atoms with Gasteiger partial charge < -0.3 is 5.11 Å². The quantitative estimate of drug-likeness (QED) is 0.682. The van der Waals surface area contributed by atoms with Crippen molar-refractivity contribution in [1.29, 1.82) is 0 Å². The van der Waals surface area contributed by atoms with E-state index in [4.69, 9.17) is 5.11 Å². The van der Waals surface area contributed by atoms with Crippen molar-refractivity contribution in [3.05, 3.63) is 45.6 Å². The number of nitro benzene ring substituents is 1. The van der Waals surface area contributed by atoms with Gasteiger partial charge in [0, 0.05) is 23.7 Å². The van der Waals surface area contributed by atoms with Crippen LogP contribution in [0.5, 0.6) is 0 Å². The zero-order valence-electron chi connectivity index (χ0n) is 11.0. The van der Waals surface area contributed by atoms with E-state index in [0.717, 1.165) is 0 Å². The van der Waals surface area contributed by atoms with E-state index in [1.54, 1.807) is 26.0 Å². The summed E-state index contributed by atoms with van der Waals surface area (Å²) in [5, 5.41) is 24.2. The summed E-state index contributed by atoms with van der Waals surface area (Å²) in [6.45, 7) is 3.84. The standard InChI is InChI=1S/C13H13N3O4/c1-3-15-12(13(17)18)7-10(14-15)9-5-4-8(2)11(6-9)16(19)20/h4-7H,3H2,1-2H3,(H,17,18). The molecule has 2 rings (SSSR count). The molecule has 0 radical (unpaired) electrons. The van der Waals surface area contributed by atoms with Gasteiger partial charge in [0.15, 0.2) is 0 Å². The van der Waals surface area contributed by atoms with Crippen molar-refractivity contribution >= 4 is 11.7 Å². The van der Waals surface area contributed by atoms with Crippen LogP contribution >= 0.6 is 0 Å². The minimum atomic E-state index is -1.08. The van der Waals surface area contributed by atoms with Gasteiger partial charge in [-0.05, 0) is 19.9 Å². The fourth-order valence-electron chi connectivity index (χ4n) is 1.94. The molecule has 0 spiro atoms. The maximum Gasteiger partial charge on any atom is 0.354 e. The molecule has 7 nitrogen and oxygen atoms in total. The largest absolute Gasteiger partial charge is 0.477 e. The van der Waals surface area contributed by atoms with E-state index >= 15 is 0 Å². The molecule has 1 heterocycles. The second-order valence-electron chi connectivity index (χ2n) is 4.29. The summed E-state index contributed by atoms with van der Waals surface area (Å²) in [5.74, 6) is -1.08. The average molecular weight is 275 g/mol. The molecule has 20 heavy (non-hydrogen) atoms. The Labute approximate surface area is 114 Å². The molecule has 7 heteroatoms. The highest BCUT2D eigenvalue weighted by atomic mass is 16.6. The number of aromatic nitrogens is 2. The Morgan fingerprint density at radius 3 is 2.65 bits per heavy atom. The summed E-state index contributed by atoms with van der Waals surface area (Å²) >= 11 is 0. The lowest BCUT2D eigenvalue weighted by molar-refractivity contribution is -0.385. The molecule has 0 atom stereocenters. The summed E-state index contributed by atoms with van der Waals surface area (Å²) in [7, 11) is 0. The van der Waals surface area contributed by atoms with Crippen LogP contribution in [0.4, 0.5) is 5.69 Å². The Bertz CT molecular complexity index is 691. The number of hydrogen-bond acceptors (Lipinski definition) is 4. The summed E-state index contributed by atoms with van der Waals surface area (Å²) in [6.07, 6.45) is 0. The van der Waals surface area contributed by atoms with Crippen molar-refractivity contribution in [3.63, 3.8) is 0 Å². The number of carboxylic acids is 1. The van der Waals surface area contributed by atoms with E-state index in [2.05, 4.69) is 5.10 Å². The summed E-state index contributed by atoms with van der Waals surface area (Å²) in [6, 6.07) is 6.14. The van der Waals surface area contributed by atoms with Gasteiger partial charge in [0.25, 0.3) is 5.69 Å². The first kappa shape index (κ1) is 13.7. The van der Waals surface area contributed by atoms with Gasteiger partial charge >= 0.3 is 5.97 Å². The van der Waals surface area contributed by atoms with Crippen LogP contribution in [0.25, 0.3) is 11.3 Å². The van der Waals surface area contributed by atoms with E-state index in [-0.39, 0.29) is 11.4 Å². The van der Waals surface area contributed by atoms with Crippen LogP contribution in [0, 0.1) is 17.0 Å². The third-order valence-corrected chi connectivity index (χ3v) is 3.00. The fraction of sp³-hybridized carbons (Fsp3) is 0.231. The Kier molecular flexibility index (Phi) is 3.51. The minimum Gasteiger partial charge on any atom is -0.477 e. The van der Waals surface area contributed by atoms with E-state index < -0.39 is 10.9 Å². The maximum atomic E-state index is 11.1. The highest BCUT2D eigenvalue weighted by Crippen LogP contribution is 2.26. The molecule has 1 aromatic carbocycles. The number of carboxylic acid groups (broad SMARTS) is 1. The molecule has 0 amide bonds. The molecule has 104 valence electrons. The van der Waals surface area contributed by atoms with Gasteiger partial charge in [-0.25, -0.2) is 4.79 Å². The van der Waals surface area contributed by atoms with Gasteiger partial charge in [-0.15, -0.1) is 0 Å². The first-order valence-corrected chi connectivity index (χ1v) is 6.00. The molecule has 1 N–H and O–H groups in total. The van der Waals surface area contributed by atoms with Crippen LogP contribution < -0.4 is 0 Å². The summed E-state index contributed by atoms with van der Waals surface area (Å²) in [4.78, 5) is 21.5. The smallest absolute Gasteiger partial charge is 0.354 e. The first-order valence-electron chi connectivity index (χ1n) is 6.00. The third-order valence-electron chi connectivity index (χ3n) is 3.00. The highest BCUT2D eigenvalue weighted by molar-refractivity contribution is 5.87. The Morgan fingerprint density at radius 1 is 1.45 bits per heavy atom. The maximum absolute atomic E-state index is 11.1. The lowest BCUT2D eigenvalue weighted by Gasteiger charge is -2.00. The number of hydrogen-bond donors (Lipinski definition) is 1. The lowest BCUT2D eigenvalue weighted by Crippen LogP contribution is -2.08. The van der Waals surface area contributed by atoms with Crippen molar-refractivity contribution in [1.82, 2.24) is 9.78 Å². The molecule has 0 unspecified atom stereocenters. The van der Waals surface area contributed by atoms with E-state index in [1.165, 1.54) is 16.8 Å². The molecule has 0 bridgehead atoms. The molecule has 0 saturated heterocycles. The predicted molar refractivity (Wildman–Crippen MR) is 71.7 cm³/mol. The van der Waals surface area contributed by atoms with Crippen LogP contribution in [-0.2, 0) is 6.54 Å². The molecular formula is C13H13N3O4. The first-order chi connectivity index (χ1) is 9.43. The van der Waals surface area contributed by atoms with Crippen molar-refractivity contribution in [3.8, 4) is 11.3 Å². The van der Waals surface area contributed by atoms with E-state index in [9.17, 15) is 14.9 Å². The van der Waals surface area contributed by atoms with Crippen LogP contribution in [0.3, 0.4) is 0 Å². The number of carbonyl (C=O) groups is 1. The summed E-state index contributed by atoms with van der Waals surface area (Å²) < 4.78 is 1.35. The van der Waals surface area contributed by atoms with Crippen LogP contribution in [0.1, 0.15) is 23.0 Å². The van der Waals surface area contributed by atoms with Crippen LogP contribution in [0.2, 0.25) is 0 Å². The number of nitro groups is 1. The van der Waals surface area contributed by atoms with Crippen LogP contribution in [0.15, 0.2) is 24.3 Å². The molecule has 0 saturated carbocycles. The third kappa shape index (κ3) is 2.37. The highest BCUT2D eigenvalue weighted by Gasteiger charge is 2.17. The minimum absolute atomic E-state index is 0.00887. The molecule has 1 aromatic heterocycles. The van der Waals surface area contributed by atoms with Gasteiger partial charge in [-0.3, -0.25) is 14.8 Å². The Morgan fingerprint density at radius 2 is 2.15 bits per heavy atom. The average Bonchev–Trinajstić information content (AvgIpc) is 2.83. The number of rotatable bonds is 4. The zero-order valence-corrected chi connectivity index (χ0v) is 11.0. The normalized spacial score (nSPS) is 10.5. The Balaban J connectivity index is 2.54. The second-order valence-corrected chi connectivity index (χ2v) is 4.29. The lowest BCUT2D eigenvalue weighted by atomic mass is 10.1. The van der Waals surface area contributed by atoms with E-state index in [1.807, 2.05) is 0 Å². The Hall–Kier alpha value is -2.70. The van der Waals surface area contributed by atoms with Crippen molar-refractivity contribution in [2.75, 3.05) is 0 Å². The molecular weight excluding hydrogens is 262 g/mol. The SMILES string of the molecule is CCn1nc(-c2ccc(C)c([N+](=O)[O-])c2)cc1C(=O)O. The van der Waals surface area contributed by atoms with Crippen LogP contribution in [-0.4, -0.2) is 25.8 Å². The summed E-state index contributed by atoms with van der Waals surface area (Å²) in [5.41, 5.74) is 1.53. The topological polar surface area (TPSA) is 98.3 Å². The van der Waals surface area contributed by atoms with Gasteiger partial charge in [0.1, 0.15) is 5.69 Å². The predicted octanol–water partition coefficient (Wildman–Crippen LogP) is 2.48.